The molecule has 1 saturated carbocycles. The second-order valence-corrected chi connectivity index (χ2v) is 18.1. The van der Waals surface area contributed by atoms with Gasteiger partial charge in [-0.1, -0.05) is 48.2 Å². The molecule has 3 aromatic rings. The van der Waals surface area contributed by atoms with Gasteiger partial charge in [0.2, 0.25) is 10.0 Å². The highest BCUT2D eigenvalue weighted by atomic mass is 32.2. The SMILES string of the molecule is CN1CCC[C@@]1(C)SCOC(=O)NC1CCC(c2ncc(-c3ccc(NC(=O)NCc4ccccc4)cc3S(=O)(=O)NC(C)(C)C)s2)CC1. The molecular formula is C35H48N6O5S3. The number of thiazole rings is 1. The fourth-order valence-electron chi connectivity index (χ4n) is 6.20. The normalized spacial score (nSPS) is 21.7. The number of amides is 3. The van der Waals surface area contributed by atoms with E-state index in [2.05, 4.69) is 39.5 Å². The third-order valence-corrected chi connectivity index (χ3v) is 13.3. The molecule has 2 heterocycles. The number of likely N-dealkylation sites (tertiary alicyclic amines) is 1. The Labute approximate surface area is 298 Å². The predicted molar refractivity (Wildman–Crippen MR) is 197 cm³/mol. The number of carbonyl (C=O) groups is 2. The first-order valence-electron chi connectivity index (χ1n) is 16.7. The molecule has 1 aromatic heterocycles. The molecule has 4 N–H and O–H groups in total. The third-order valence-electron chi connectivity index (χ3n) is 8.95. The maximum Gasteiger partial charge on any atom is 0.408 e. The van der Waals surface area contributed by atoms with Gasteiger partial charge in [0.05, 0.1) is 19.7 Å². The number of rotatable bonds is 11. The summed E-state index contributed by atoms with van der Waals surface area (Å²) in [6.07, 6.45) is 6.93. The second kappa shape index (κ2) is 15.8. The minimum absolute atomic E-state index is 0.0110. The Kier molecular flexibility index (Phi) is 12.0. The largest absolute Gasteiger partial charge is 0.438 e. The Bertz CT molecular complexity index is 1700. The fourth-order valence-corrected chi connectivity index (χ4v) is 10.1. The Morgan fingerprint density at radius 1 is 1.10 bits per heavy atom. The van der Waals surface area contributed by atoms with E-state index in [4.69, 9.17) is 9.72 Å². The number of ether oxygens (including phenoxy) is 1. The Balaban J connectivity index is 1.21. The van der Waals surface area contributed by atoms with Crippen LogP contribution >= 0.6 is 23.1 Å². The number of anilines is 1. The van der Waals surface area contributed by atoms with Crippen molar-refractivity contribution in [1.82, 2.24) is 25.2 Å². The Morgan fingerprint density at radius 2 is 1.84 bits per heavy atom. The summed E-state index contributed by atoms with van der Waals surface area (Å²) in [6, 6.07) is 14.1. The van der Waals surface area contributed by atoms with Gasteiger partial charge >= 0.3 is 12.1 Å². The van der Waals surface area contributed by atoms with Crippen LogP contribution in [0.5, 0.6) is 0 Å². The van der Waals surface area contributed by atoms with Crippen LogP contribution in [0.25, 0.3) is 10.4 Å². The van der Waals surface area contributed by atoms with E-state index in [9.17, 15) is 18.0 Å². The zero-order chi connectivity index (χ0) is 35.2. The molecule has 11 nitrogen and oxygen atoms in total. The van der Waals surface area contributed by atoms with E-state index in [-0.39, 0.29) is 27.8 Å². The number of urea groups is 1. The molecule has 0 spiro atoms. The number of nitrogens with zero attached hydrogens (tertiary/aromatic N) is 2. The number of nitrogens with one attached hydrogen (secondary N) is 4. The van der Waals surface area contributed by atoms with E-state index in [0.29, 0.717) is 23.7 Å². The molecule has 14 heteroatoms. The molecule has 266 valence electrons. The molecule has 1 aliphatic heterocycles. The highest BCUT2D eigenvalue weighted by Crippen LogP contribution is 2.40. The van der Waals surface area contributed by atoms with Crippen LogP contribution in [-0.2, 0) is 21.3 Å². The molecule has 1 saturated heterocycles. The van der Waals surface area contributed by atoms with Gasteiger partial charge in [-0.2, -0.15) is 0 Å². The molecule has 0 radical (unpaired) electrons. The Morgan fingerprint density at radius 3 is 2.51 bits per heavy atom. The van der Waals surface area contributed by atoms with Crippen LogP contribution in [0, 0.1) is 0 Å². The van der Waals surface area contributed by atoms with Crippen molar-refractivity contribution in [1.29, 1.82) is 0 Å². The molecule has 5 rings (SSSR count). The lowest BCUT2D eigenvalue weighted by Gasteiger charge is -2.31. The minimum atomic E-state index is -3.96. The third kappa shape index (κ3) is 10.2. The number of carbonyl (C=O) groups excluding carboxylic acids is 2. The molecule has 0 unspecified atom stereocenters. The number of alkyl carbamates (subject to hydrolysis) is 1. The van der Waals surface area contributed by atoms with Crippen LogP contribution in [0.2, 0.25) is 0 Å². The molecule has 3 amide bonds. The summed E-state index contributed by atoms with van der Waals surface area (Å²) >= 11 is 3.15. The number of thioether (sulfide) groups is 1. The summed E-state index contributed by atoms with van der Waals surface area (Å²) in [5, 5.41) is 9.56. The van der Waals surface area contributed by atoms with Crippen LogP contribution in [0.15, 0.2) is 59.6 Å². The Hall–Kier alpha value is -3.17. The van der Waals surface area contributed by atoms with E-state index in [1.54, 1.807) is 50.9 Å². The zero-order valence-corrected chi connectivity index (χ0v) is 31.3. The molecule has 1 atom stereocenters. The summed E-state index contributed by atoms with van der Waals surface area (Å²) < 4.78 is 35.6. The number of hydrogen-bond acceptors (Lipinski definition) is 9. The summed E-state index contributed by atoms with van der Waals surface area (Å²) in [7, 11) is -1.85. The number of sulfonamides is 1. The van der Waals surface area contributed by atoms with Crippen molar-refractivity contribution in [2.75, 3.05) is 24.8 Å². The van der Waals surface area contributed by atoms with Gasteiger partial charge < -0.3 is 20.7 Å². The van der Waals surface area contributed by atoms with Crippen molar-refractivity contribution >= 4 is 50.9 Å². The lowest BCUT2D eigenvalue weighted by atomic mass is 9.86. The molecule has 2 aromatic carbocycles. The van der Waals surface area contributed by atoms with E-state index in [0.717, 1.165) is 60.5 Å². The zero-order valence-electron chi connectivity index (χ0n) is 28.9. The number of hydrogen-bond donors (Lipinski definition) is 4. The average Bonchev–Trinajstić information content (AvgIpc) is 3.66. The van der Waals surface area contributed by atoms with Crippen molar-refractivity contribution in [3.63, 3.8) is 0 Å². The molecule has 0 bridgehead atoms. The highest BCUT2D eigenvalue weighted by Gasteiger charge is 2.35. The number of benzene rings is 2. The van der Waals surface area contributed by atoms with Crippen LogP contribution in [0.3, 0.4) is 0 Å². The van der Waals surface area contributed by atoms with Crippen LogP contribution in [0.1, 0.15) is 82.7 Å². The summed E-state index contributed by atoms with van der Waals surface area (Å²) in [5.74, 6) is 0.536. The van der Waals surface area contributed by atoms with Gasteiger partial charge in [-0.3, -0.25) is 4.90 Å². The first kappa shape index (κ1) is 37.1. The second-order valence-electron chi connectivity index (χ2n) is 14.0. The summed E-state index contributed by atoms with van der Waals surface area (Å²) in [6.45, 7) is 8.95. The summed E-state index contributed by atoms with van der Waals surface area (Å²) in [5.41, 5.74) is 1.11. The van der Waals surface area contributed by atoms with Gasteiger partial charge in [0.15, 0.2) is 0 Å². The molecule has 2 fully saturated rings. The molecule has 49 heavy (non-hydrogen) atoms. The first-order valence-corrected chi connectivity index (χ1v) is 20.0. The molecule has 2 aliphatic rings. The standard InChI is InChI=1S/C35H48N6O5S3/c1-34(2,3)40-49(44,45)30-20-27(38-32(42)37-21-24-10-7-6-8-11-24)16-17-28(30)29-22-36-31(48-29)25-12-14-26(15-13-25)39-33(43)46-23-47-35(4)18-9-19-41(35)5/h6-8,10-11,16-17,20,22,25-26,40H,9,12-15,18-19,21,23H2,1-5H3,(H,39,43)(H2,37,38,42)/t25?,26?,35-/m1/s1. The maximum absolute atomic E-state index is 13.7. The van der Waals surface area contributed by atoms with E-state index >= 15 is 0 Å². The molecular weight excluding hydrogens is 681 g/mol. The van der Waals surface area contributed by atoms with Crippen LogP contribution < -0.4 is 20.7 Å². The summed E-state index contributed by atoms with van der Waals surface area (Å²) in [4.78, 5) is 33.0. The monoisotopic (exact) mass is 728 g/mol. The van der Waals surface area contributed by atoms with Crippen molar-refractivity contribution < 1.29 is 22.7 Å². The van der Waals surface area contributed by atoms with Crippen molar-refractivity contribution in [2.45, 2.75) is 100 Å². The minimum Gasteiger partial charge on any atom is -0.438 e. The van der Waals surface area contributed by atoms with Gasteiger partial charge in [0, 0.05) is 41.5 Å². The van der Waals surface area contributed by atoms with Gasteiger partial charge in [-0.15, -0.1) is 11.3 Å². The van der Waals surface area contributed by atoms with Gasteiger partial charge in [0.1, 0.15) is 5.94 Å². The highest BCUT2D eigenvalue weighted by molar-refractivity contribution is 8.00. The first-order chi connectivity index (χ1) is 23.2. The van der Waals surface area contributed by atoms with E-state index in [1.807, 2.05) is 30.3 Å². The maximum atomic E-state index is 13.7. The molecule has 1 aliphatic carbocycles. The smallest absolute Gasteiger partial charge is 0.408 e. The van der Waals surface area contributed by atoms with Gasteiger partial charge in [-0.05, 0) is 97.5 Å². The van der Waals surface area contributed by atoms with Crippen molar-refractivity contribution in [3.05, 3.63) is 65.3 Å². The lowest BCUT2D eigenvalue weighted by molar-refractivity contribution is 0.156. The fraction of sp³-hybridized carbons (Fsp3) is 0.514. The average molecular weight is 729 g/mol. The predicted octanol–water partition coefficient (Wildman–Crippen LogP) is 7.09. The van der Waals surface area contributed by atoms with Crippen molar-refractivity contribution in [3.8, 4) is 10.4 Å². The van der Waals surface area contributed by atoms with Crippen LogP contribution in [-0.4, -0.2) is 66.4 Å². The van der Waals surface area contributed by atoms with Crippen LogP contribution in [0.4, 0.5) is 15.3 Å². The van der Waals surface area contributed by atoms with E-state index in [1.165, 1.54) is 17.4 Å². The quantitative estimate of drug-likeness (QED) is 0.153. The van der Waals surface area contributed by atoms with Gasteiger partial charge in [-0.25, -0.2) is 27.7 Å². The number of aromatic nitrogens is 1. The topological polar surface area (TPSA) is 142 Å². The van der Waals surface area contributed by atoms with E-state index < -0.39 is 21.6 Å². The van der Waals surface area contributed by atoms with Crippen molar-refractivity contribution in [2.24, 2.45) is 0 Å². The lowest BCUT2D eigenvalue weighted by Crippen LogP contribution is -2.40. The van der Waals surface area contributed by atoms with Gasteiger partial charge in [0.25, 0.3) is 0 Å².